The number of esters is 1. The van der Waals surface area contributed by atoms with Gasteiger partial charge in [0.05, 0.1) is 29.9 Å². The number of nitrogens with zero attached hydrogens (tertiary/aromatic N) is 4. The van der Waals surface area contributed by atoms with Crippen LogP contribution in [0.3, 0.4) is 0 Å². The Morgan fingerprint density at radius 3 is 2.90 bits per heavy atom. The average molecular weight is 286 g/mol. The normalized spacial score (nSPS) is 10.4. The summed E-state index contributed by atoms with van der Waals surface area (Å²) in [5, 5.41) is 5.18. The zero-order chi connectivity index (χ0) is 15.6. The Kier molecular flexibility index (Phi) is 4.13. The average Bonchev–Trinajstić information content (AvgIpc) is 2.73. The van der Waals surface area contributed by atoms with Crippen LogP contribution in [-0.2, 0) is 11.8 Å². The number of terminal acetylenes is 1. The minimum absolute atomic E-state index is 0.307. The second-order valence-corrected chi connectivity index (χ2v) is 4.71. The van der Waals surface area contributed by atoms with E-state index >= 15 is 0 Å². The third-order valence-electron chi connectivity index (χ3n) is 3.21. The van der Waals surface area contributed by atoms with Crippen molar-refractivity contribution < 1.29 is 9.53 Å². The summed E-state index contributed by atoms with van der Waals surface area (Å²) in [4.78, 5) is 18.3. The lowest BCUT2D eigenvalue weighted by Gasteiger charge is -2.20. The van der Waals surface area contributed by atoms with Crippen molar-refractivity contribution in [2.45, 2.75) is 13.8 Å². The molecule has 0 atom stereocenters. The van der Waals surface area contributed by atoms with Crippen molar-refractivity contribution in [3.05, 3.63) is 17.5 Å². The van der Waals surface area contributed by atoms with Crippen LogP contribution in [0.1, 0.15) is 23.0 Å². The largest absolute Gasteiger partial charge is 0.462 e. The van der Waals surface area contributed by atoms with E-state index in [1.807, 2.05) is 25.9 Å². The summed E-state index contributed by atoms with van der Waals surface area (Å²) < 4.78 is 6.80. The summed E-state index contributed by atoms with van der Waals surface area (Å²) in [5.74, 6) is 2.17. The summed E-state index contributed by atoms with van der Waals surface area (Å²) in [6, 6.07) is 0. The molecule has 0 fully saturated rings. The summed E-state index contributed by atoms with van der Waals surface area (Å²) in [6.45, 7) is 4.33. The summed E-state index contributed by atoms with van der Waals surface area (Å²) in [6.07, 6.45) is 6.91. The molecule has 0 aliphatic carbocycles. The van der Waals surface area contributed by atoms with Crippen LogP contribution < -0.4 is 4.90 Å². The Morgan fingerprint density at radius 1 is 1.57 bits per heavy atom. The molecule has 0 aliphatic heterocycles. The van der Waals surface area contributed by atoms with Gasteiger partial charge in [0.2, 0.25) is 0 Å². The van der Waals surface area contributed by atoms with Crippen molar-refractivity contribution in [1.29, 1.82) is 0 Å². The smallest absolute Gasteiger partial charge is 0.341 e. The number of ether oxygens (including phenoxy) is 1. The number of aromatic nitrogens is 3. The predicted molar refractivity (Wildman–Crippen MR) is 81.3 cm³/mol. The van der Waals surface area contributed by atoms with E-state index in [1.54, 1.807) is 11.6 Å². The summed E-state index contributed by atoms with van der Waals surface area (Å²) in [5.41, 5.74) is 2.62. The molecule has 2 aromatic heterocycles. The van der Waals surface area contributed by atoms with E-state index in [0.717, 1.165) is 11.1 Å². The van der Waals surface area contributed by atoms with Gasteiger partial charge in [-0.3, -0.25) is 4.68 Å². The molecular formula is C15H18N4O2. The number of carbonyl (C=O) groups is 1. The molecule has 0 aromatic carbocycles. The number of anilines is 1. The van der Waals surface area contributed by atoms with E-state index in [2.05, 4.69) is 16.0 Å². The maximum atomic E-state index is 12.2. The molecule has 0 N–H and O–H groups in total. The van der Waals surface area contributed by atoms with Crippen LogP contribution in [0.15, 0.2) is 6.20 Å². The Morgan fingerprint density at radius 2 is 2.29 bits per heavy atom. The van der Waals surface area contributed by atoms with Crippen LogP contribution in [0.5, 0.6) is 0 Å². The van der Waals surface area contributed by atoms with E-state index in [1.165, 1.54) is 6.20 Å². The first-order chi connectivity index (χ1) is 10.0. The quantitative estimate of drug-likeness (QED) is 0.630. The van der Waals surface area contributed by atoms with Crippen LogP contribution in [0.25, 0.3) is 11.0 Å². The molecule has 0 spiro atoms. The molecule has 110 valence electrons. The third-order valence-corrected chi connectivity index (χ3v) is 3.21. The zero-order valence-corrected chi connectivity index (χ0v) is 12.7. The number of hydrogen-bond acceptors (Lipinski definition) is 5. The number of hydrogen-bond donors (Lipinski definition) is 0. The minimum Gasteiger partial charge on any atom is -0.462 e. The second-order valence-electron chi connectivity index (χ2n) is 4.71. The molecule has 2 aromatic rings. The topological polar surface area (TPSA) is 60.3 Å². The Hall–Kier alpha value is -2.55. The first kappa shape index (κ1) is 14.9. The van der Waals surface area contributed by atoms with Gasteiger partial charge < -0.3 is 9.64 Å². The fourth-order valence-corrected chi connectivity index (χ4v) is 2.36. The van der Waals surface area contributed by atoms with Gasteiger partial charge in [-0.25, -0.2) is 9.78 Å². The molecule has 6 heteroatoms. The molecule has 2 heterocycles. The van der Waals surface area contributed by atoms with Crippen LogP contribution >= 0.6 is 0 Å². The summed E-state index contributed by atoms with van der Waals surface area (Å²) in [7, 11) is 3.65. The van der Waals surface area contributed by atoms with Gasteiger partial charge in [0.1, 0.15) is 5.56 Å². The highest BCUT2D eigenvalue weighted by Crippen LogP contribution is 2.31. The van der Waals surface area contributed by atoms with Gasteiger partial charge in [0, 0.05) is 20.3 Å². The van der Waals surface area contributed by atoms with Crippen molar-refractivity contribution in [2.24, 2.45) is 7.05 Å². The molecule has 21 heavy (non-hydrogen) atoms. The van der Waals surface area contributed by atoms with Crippen LogP contribution in [0.4, 0.5) is 5.69 Å². The van der Waals surface area contributed by atoms with E-state index in [0.29, 0.717) is 30.0 Å². The maximum absolute atomic E-state index is 12.2. The fourth-order valence-electron chi connectivity index (χ4n) is 2.36. The Labute approximate surface area is 123 Å². The Bertz CT molecular complexity index is 727. The van der Waals surface area contributed by atoms with E-state index in [-0.39, 0.29) is 0 Å². The lowest BCUT2D eigenvalue weighted by Crippen LogP contribution is -2.21. The molecule has 0 radical (unpaired) electrons. The highest BCUT2D eigenvalue weighted by Gasteiger charge is 2.22. The van der Waals surface area contributed by atoms with Gasteiger partial charge in [-0.2, -0.15) is 5.10 Å². The Balaban J connectivity index is 2.74. The number of carbonyl (C=O) groups excluding carboxylic acids is 1. The molecule has 6 nitrogen and oxygen atoms in total. The number of fused-ring (bicyclic) bond motifs is 1. The molecule has 0 saturated heterocycles. The van der Waals surface area contributed by atoms with Crippen molar-refractivity contribution in [1.82, 2.24) is 14.8 Å². The van der Waals surface area contributed by atoms with E-state index in [4.69, 9.17) is 11.2 Å². The SMILES string of the molecule is C#CCN(C)c1c(C(=O)OCC)cnc2c1c(C)nn2C. The van der Waals surface area contributed by atoms with Crippen LogP contribution in [-0.4, -0.2) is 40.9 Å². The monoisotopic (exact) mass is 286 g/mol. The van der Waals surface area contributed by atoms with Gasteiger partial charge in [-0.15, -0.1) is 6.42 Å². The van der Waals surface area contributed by atoms with E-state index in [9.17, 15) is 4.79 Å². The van der Waals surface area contributed by atoms with Crippen LogP contribution in [0.2, 0.25) is 0 Å². The van der Waals surface area contributed by atoms with Gasteiger partial charge in [0.25, 0.3) is 0 Å². The highest BCUT2D eigenvalue weighted by molar-refractivity contribution is 6.05. The lowest BCUT2D eigenvalue weighted by atomic mass is 10.1. The minimum atomic E-state index is -0.408. The van der Waals surface area contributed by atoms with Crippen LogP contribution in [0, 0.1) is 19.3 Å². The van der Waals surface area contributed by atoms with Gasteiger partial charge in [0.15, 0.2) is 5.65 Å². The molecular weight excluding hydrogens is 268 g/mol. The summed E-state index contributed by atoms with van der Waals surface area (Å²) >= 11 is 0. The lowest BCUT2D eigenvalue weighted by molar-refractivity contribution is 0.0527. The molecule has 2 rings (SSSR count). The second kappa shape index (κ2) is 5.83. The molecule has 0 aliphatic rings. The highest BCUT2D eigenvalue weighted by atomic mass is 16.5. The number of pyridine rings is 1. The maximum Gasteiger partial charge on any atom is 0.341 e. The number of rotatable bonds is 4. The molecule has 0 amide bonds. The van der Waals surface area contributed by atoms with Crippen molar-refractivity contribution in [3.63, 3.8) is 0 Å². The first-order valence-electron chi connectivity index (χ1n) is 6.65. The first-order valence-corrected chi connectivity index (χ1v) is 6.65. The van der Waals surface area contributed by atoms with Crippen molar-refractivity contribution >= 4 is 22.7 Å². The molecule has 0 saturated carbocycles. The molecule has 0 unspecified atom stereocenters. The zero-order valence-electron chi connectivity index (χ0n) is 12.7. The predicted octanol–water partition coefficient (Wildman–Crippen LogP) is 1.52. The van der Waals surface area contributed by atoms with Gasteiger partial charge >= 0.3 is 5.97 Å². The fraction of sp³-hybridized carbons (Fsp3) is 0.400. The standard InChI is InChI=1S/C15H18N4O2/c1-6-8-18(4)13-11(15(20)21-7-2)9-16-14-12(13)10(3)17-19(14)5/h1,9H,7-8H2,2-5H3. The van der Waals surface area contributed by atoms with Crippen molar-refractivity contribution in [2.75, 3.05) is 25.1 Å². The van der Waals surface area contributed by atoms with Gasteiger partial charge in [-0.1, -0.05) is 5.92 Å². The van der Waals surface area contributed by atoms with Gasteiger partial charge in [-0.05, 0) is 13.8 Å². The third kappa shape index (κ3) is 2.55. The number of aryl methyl sites for hydroxylation is 2. The van der Waals surface area contributed by atoms with Crippen molar-refractivity contribution in [3.8, 4) is 12.3 Å². The molecule has 0 bridgehead atoms. The van der Waals surface area contributed by atoms with E-state index < -0.39 is 5.97 Å².